The molecule has 0 rings (SSSR count). The lowest BCUT2D eigenvalue weighted by molar-refractivity contribution is -0.134. The largest absolute Gasteiger partial charge is 0.466 e. The molecule has 0 N–H and O–H groups in total. The van der Waals surface area contributed by atoms with Crippen molar-refractivity contribution in [1.29, 1.82) is 0 Å². The van der Waals surface area contributed by atoms with Gasteiger partial charge in [-0.2, -0.15) is 0 Å². The number of rotatable bonds is 4. The Bertz CT molecular complexity index is 215. The fourth-order valence-electron chi connectivity index (χ4n) is 0.518. The fraction of sp³-hybridized carbons (Fsp3) is 0.364. The van der Waals surface area contributed by atoms with Gasteiger partial charge in [-0.1, -0.05) is 20.4 Å². The Labute approximate surface area is 85.7 Å². The summed E-state index contributed by atoms with van der Waals surface area (Å²) < 4.78 is 9.31. The molecule has 80 valence electrons. The van der Waals surface area contributed by atoms with E-state index in [-0.39, 0.29) is 0 Å². The molecule has 0 aromatic rings. The summed E-state index contributed by atoms with van der Waals surface area (Å²) in [6, 6.07) is 0. The lowest BCUT2D eigenvalue weighted by Crippen LogP contribution is -1.94. The smallest absolute Gasteiger partial charge is 0.330 e. The Morgan fingerprint density at radius 3 is 2.21 bits per heavy atom. The molecule has 0 atom stereocenters. The maximum atomic E-state index is 10.6. The lowest BCUT2D eigenvalue weighted by atomic mass is 10.4. The molecule has 0 fully saturated rings. The van der Waals surface area contributed by atoms with Crippen molar-refractivity contribution in [2.75, 3.05) is 7.11 Å². The number of ether oxygens (including phenoxy) is 2. The number of esters is 1. The summed E-state index contributed by atoms with van der Waals surface area (Å²) in [4.78, 5) is 10.6. The zero-order valence-corrected chi connectivity index (χ0v) is 9.24. The summed E-state index contributed by atoms with van der Waals surface area (Å²) in [5, 5.41) is 0. The summed E-state index contributed by atoms with van der Waals surface area (Å²) in [7, 11) is 1.32. The van der Waals surface area contributed by atoms with Crippen molar-refractivity contribution in [3.05, 3.63) is 36.8 Å². The molecule has 0 heterocycles. The molecular formula is C11H18O3. The lowest BCUT2D eigenvalue weighted by Gasteiger charge is -1.97. The molecule has 0 amide bonds. The molecule has 0 aromatic carbocycles. The highest BCUT2D eigenvalue weighted by Crippen LogP contribution is 1.99. The molecule has 0 aliphatic heterocycles. The minimum Gasteiger partial charge on any atom is -0.466 e. The van der Waals surface area contributed by atoms with Gasteiger partial charge in [-0.25, -0.2) is 4.79 Å². The number of carbonyl (C=O) groups is 1. The predicted octanol–water partition coefficient (Wildman–Crippen LogP) is 2.81. The van der Waals surface area contributed by atoms with E-state index < -0.39 is 5.97 Å². The first kappa shape index (κ1) is 15.0. The monoisotopic (exact) mass is 198 g/mol. The van der Waals surface area contributed by atoms with Crippen molar-refractivity contribution >= 4 is 5.97 Å². The molecule has 0 unspecified atom stereocenters. The average Bonchev–Trinajstić information content (AvgIpc) is 2.26. The van der Waals surface area contributed by atoms with Crippen LogP contribution in [0.4, 0.5) is 0 Å². The fourth-order valence-corrected chi connectivity index (χ4v) is 0.518. The molecular weight excluding hydrogens is 180 g/mol. The Morgan fingerprint density at radius 1 is 1.29 bits per heavy atom. The first-order valence-corrected chi connectivity index (χ1v) is 4.44. The molecule has 0 aliphatic carbocycles. The van der Waals surface area contributed by atoms with Gasteiger partial charge in [0.15, 0.2) is 0 Å². The van der Waals surface area contributed by atoms with Crippen molar-refractivity contribution < 1.29 is 14.3 Å². The van der Waals surface area contributed by atoms with Crippen LogP contribution in [-0.2, 0) is 14.3 Å². The number of hydrogen-bond donors (Lipinski definition) is 0. The van der Waals surface area contributed by atoms with Crippen LogP contribution >= 0.6 is 0 Å². The van der Waals surface area contributed by atoms with Crippen LogP contribution in [0.5, 0.6) is 0 Å². The predicted molar refractivity (Wildman–Crippen MR) is 57.5 cm³/mol. The minimum absolute atomic E-state index is 0.415. The van der Waals surface area contributed by atoms with E-state index in [2.05, 4.69) is 11.3 Å². The van der Waals surface area contributed by atoms with Crippen LogP contribution in [0.2, 0.25) is 0 Å². The summed E-state index contributed by atoms with van der Waals surface area (Å²) in [5.41, 5.74) is 0. The van der Waals surface area contributed by atoms with Gasteiger partial charge in [-0.15, -0.1) is 0 Å². The van der Waals surface area contributed by atoms with Gasteiger partial charge in [0.2, 0.25) is 0 Å². The second-order valence-corrected chi connectivity index (χ2v) is 1.83. The molecule has 3 heteroatoms. The van der Waals surface area contributed by atoms with Crippen LogP contribution in [0.1, 0.15) is 20.8 Å². The van der Waals surface area contributed by atoms with E-state index in [0.29, 0.717) is 5.76 Å². The van der Waals surface area contributed by atoms with Gasteiger partial charge < -0.3 is 9.47 Å². The van der Waals surface area contributed by atoms with Crippen LogP contribution in [0.3, 0.4) is 0 Å². The third-order valence-electron chi connectivity index (χ3n) is 1.09. The second-order valence-electron chi connectivity index (χ2n) is 1.83. The third-order valence-corrected chi connectivity index (χ3v) is 1.09. The topological polar surface area (TPSA) is 35.5 Å². The first-order valence-electron chi connectivity index (χ1n) is 4.44. The van der Waals surface area contributed by atoms with Gasteiger partial charge in [0, 0.05) is 6.08 Å². The molecule has 0 radical (unpaired) electrons. The average molecular weight is 198 g/mol. The number of hydrogen-bond acceptors (Lipinski definition) is 3. The highest BCUT2D eigenvalue weighted by atomic mass is 16.5. The van der Waals surface area contributed by atoms with Crippen molar-refractivity contribution in [2.45, 2.75) is 20.8 Å². The summed E-state index contributed by atoms with van der Waals surface area (Å²) in [6.45, 7) is 9.17. The van der Waals surface area contributed by atoms with Gasteiger partial charge in [0.25, 0.3) is 0 Å². The Hall–Kier alpha value is -1.51. The first-order chi connectivity index (χ1) is 6.74. The van der Waals surface area contributed by atoms with Crippen molar-refractivity contribution in [1.82, 2.24) is 0 Å². The second kappa shape index (κ2) is 11.5. The zero-order valence-electron chi connectivity index (χ0n) is 9.24. The molecule has 0 aromatic heterocycles. The SMILES string of the molecule is C=COC(=C\C)/C=C/C(=O)OC.CC. The molecule has 0 spiro atoms. The zero-order chi connectivity index (χ0) is 11.4. The third kappa shape index (κ3) is 8.59. The van der Waals surface area contributed by atoms with E-state index in [1.165, 1.54) is 25.5 Å². The number of allylic oxidation sites excluding steroid dienone is 2. The normalized spacial score (nSPS) is 10.1. The van der Waals surface area contributed by atoms with E-state index >= 15 is 0 Å². The summed E-state index contributed by atoms with van der Waals surface area (Å²) >= 11 is 0. The Morgan fingerprint density at radius 2 is 1.86 bits per heavy atom. The van der Waals surface area contributed by atoms with E-state index in [1.807, 2.05) is 13.8 Å². The van der Waals surface area contributed by atoms with Crippen LogP contribution in [-0.4, -0.2) is 13.1 Å². The number of methoxy groups -OCH3 is 1. The molecule has 14 heavy (non-hydrogen) atoms. The van der Waals surface area contributed by atoms with E-state index in [1.54, 1.807) is 13.0 Å². The quantitative estimate of drug-likeness (QED) is 0.301. The molecule has 0 aliphatic rings. The highest BCUT2D eigenvalue weighted by Gasteiger charge is 1.92. The van der Waals surface area contributed by atoms with Gasteiger partial charge in [0.1, 0.15) is 5.76 Å². The molecule has 0 saturated heterocycles. The summed E-state index contributed by atoms with van der Waals surface area (Å²) in [5.74, 6) is 0.136. The van der Waals surface area contributed by atoms with Crippen molar-refractivity contribution in [3.8, 4) is 0 Å². The standard InChI is InChI=1S/C9H12O3.C2H6/c1-4-8(12-5-2)6-7-9(10)11-3;1-2/h4-7H,2H2,1,3H3;1-2H3/b7-6+,8-4-;. The number of carbonyl (C=O) groups excluding carboxylic acids is 1. The van der Waals surface area contributed by atoms with E-state index in [4.69, 9.17) is 4.74 Å². The summed E-state index contributed by atoms with van der Waals surface area (Å²) in [6.07, 6.45) is 5.78. The Balaban J connectivity index is 0. The maximum absolute atomic E-state index is 10.6. The van der Waals surface area contributed by atoms with Gasteiger partial charge in [0.05, 0.1) is 13.4 Å². The maximum Gasteiger partial charge on any atom is 0.330 e. The van der Waals surface area contributed by atoms with Crippen molar-refractivity contribution in [2.24, 2.45) is 0 Å². The van der Waals surface area contributed by atoms with Crippen LogP contribution in [0, 0.1) is 0 Å². The van der Waals surface area contributed by atoms with E-state index in [0.717, 1.165) is 0 Å². The van der Waals surface area contributed by atoms with Crippen LogP contribution < -0.4 is 0 Å². The highest BCUT2D eigenvalue weighted by molar-refractivity contribution is 5.82. The van der Waals surface area contributed by atoms with Crippen LogP contribution in [0.15, 0.2) is 36.8 Å². The Kier molecular flexibility index (Phi) is 12.3. The van der Waals surface area contributed by atoms with Gasteiger partial charge >= 0.3 is 5.97 Å². The molecule has 0 saturated carbocycles. The molecule has 3 nitrogen and oxygen atoms in total. The van der Waals surface area contributed by atoms with E-state index in [9.17, 15) is 4.79 Å². The van der Waals surface area contributed by atoms with Crippen LogP contribution in [0.25, 0.3) is 0 Å². The van der Waals surface area contributed by atoms with Crippen molar-refractivity contribution in [3.63, 3.8) is 0 Å². The van der Waals surface area contributed by atoms with Gasteiger partial charge in [-0.3, -0.25) is 0 Å². The minimum atomic E-state index is -0.415. The van der Waals surface area contributed by atoms with Gasteiger partial charge in [-0.05, 0) is 19.1 Å². The molecule has 0 bridgehead atoms.